The van der Waals surface area contributed by atoms with Crippen LogP contribution < -0.4 is 0 Å². The van der Waals surface area contributed by atoms with Gasteiger partial charge in [0, 0.05) is 0 Å². The Morgan fingerprint density at radius 2 is 1.81 bits per heavy atom. The monoisotopic (exact) mass is 372 g/mol. The number of unbranched alkanes of at least 4 members (excludes halogenated alkanes) is 2. The molecule has 2 nitrogen and oxygen atoms in total. The van der Waals surface area contributed by atoms with Gasteiger partial charge in [-0.3, -0.25) is 0 Å². The van der Waals surface area contributed by atoms with Crippen LogP contribution in [0.3, 0.4) is 0 Å². The molecule has 0 aromatic heterocycles. The van der Waals surface area contributed by atoms with E-state index in [1.807, 2.05) is 0 Å². The zero-order chi connectivity index (χ0) is 11.9. The second kappa shape index (κ2) is 9.94. The Hall–Kier alpha value is 0.969. The van der Waals surface area contributed by atoms with Crippen molar-refractivity contribution in [2.45, 2.75) is 50.5 Å². The average molecular weight is 371 g/mol. The molecule has 2 radical (unpaired) electrons. The van der Waals surface area contributed by atoms with Crippen molar-refractivity contribution in [3.8, 4) is 0 Å². The number of ether oxygens (including phenoxy) is 1. The van der Waals surface area contributed by atoms with E-state index in [9.17, 15) is 4.79 Å². The first-order valence-electron chi connectivity index (χ1n) is 5.46. The van der Waals surface area contributed by atoms with Crippen LogP contribution >= 0.6 is 25.3 Å². The number of carbonyl (C=O) groups is 1. The Morgan fingerprint density at radius 1 is 1.25 bits per heavy atom. The van der Waals surface area contributed by atoms with Crippen LogP contribution in [0.4, 0.5) is 0 Å². The Bertz CT molecular complexity index is 191. The average Bonchev–Trinajstić information content (AvgIpc) is 2.08. The van der Waals surface area contributed by atoms with Crippen LogP contribution in [0.15, 0.2) is 0 Å². The molecule has 0 amide bonds. The molecule has 0 aliphatic carbocycles. The van der Waals surface area contributed by atoms with Gasteiger partial charge < -0.3 is 4.74 Å². The summed E-state index contributed by atoms with van der Waals surface area (Å²) in [5, 5.41) is 0. The van der Waals surface area contributed by atoms with Crippen LogP contribution in [0, 0.1) is 5.92 Å². The van der Waals surface area contributed by atoms with Crippen molar-refractivity contribution in [2.75, 3.05) is 6.61 Å². The van der Waals surface area contributed by atoms with Crippen molar-refractivity contribution < 1.29 is 9.53 Å². The normalized spacial score (nSPS) is 11.1. The van der Waals surface area contributed by atoms with E-state index in [2.05, 4.69) is 39.1 Å². The molecule has 16 heavy (non-hydrogen) atoms. The van der Waals surface area contributed by atoms with Gasteiger partial charge in [-0.25, -0.2) is 4.79 Å². The van der Waals surface area contributed by atoms with E-state index < -0.39 is 4.08 Å². The number of esters is 1. The molecule has 5 heteroatoms. The topological polar surface area (TPSA) is 26.3 Å². The fourth-order valence-corrected chi connectivity index (χ4v) is 1.26. The summed E-state index contributed by atoms with van der Waals surface area (Å²) in [7, 11) is 0. The van der Waals surface area contributed by atoms with Crippen LogP contribution in [0.5, 0.6) is 0 Å². The molecular weight excluding hydrogens is 347 g/mol. The van der Waals surface area contributed by atoms with E-state index in [1.54, 1.807) is 6.92 Å². The number of hydrogen-bond acceptors (Lipinski definition) is 4. The van der Waals surface area contributed by atoms with Gasteiger partial charge >= 0.3 is 29.9 Å². The van der Waals surface area contributed by atoms with Crippen molar-refractivity contribution in [3.63, 3.8) is 0 Å². The predicted molar refractivity (Wildman–Crippen MR) is 79.2 cm³/mol. The SMILES string of the molecule is CC(C)CCCCCOC(=O)C(C)(S)S.[SnH2]. The van der Waals surface area contributed by atoms with Gasteiger partial charge in [0.25, 0.3) is 0 Å². The Kier molecular flexibility index (Phi) is 12.0. The Balaban J connectivity index is 0. The fourth-order valence-electron chi connectivity index (χ4n) is 1.13. The van der Waals surface area contributed by atoms with Gasteiger partial charge in [-0.1, -0.05) is 33.1 Å². The summed E-state index contributed by atoms with van der Waals surface area (Å²) >= 11 is 8.02. The molecular formula is C11H24O2S2Sn. The minimum atomic E-state index is -0.974. The summed E-state index contributed by atoms with van der Waals surface area (Å²) in [5.41, 5.74) is 0. The zero-order valence-corrected chi connectivity index (χ0v) is 16.4. The van der Waals surface area contributed by atoms with Crippen LogP contribution in [0.2, 0.25) is 0 Å². The van der Waals surface area contributed by atoms with Gasteiger partial charge in [-0.15, -0.1) is 0 Å². The van der Waals surface area contributed by atoms with Crippen LogP contribution in [0.25, 0.3) is 0 Å². The molecule has 0 saturated carbocycles. The molecule has 0 rings (SSSR count). The third-order valence-corrected chi connectivity index (χ3v) is 2.41. The van der Waals surface area contributed by atoms with Gasteiger partial charge in [0.2, 0.25) is 0 Å². The van der Waals surface area contributed by atoms with Crippen molar-refractivity contribution in [2.24, 2.45) is 5.92 Å². The first-order chi connectivity index (χ1) is 6.84. The number of thiol groups is 2. The Morgan fingerprint density at radius 3 is 2.25 bits per heavy atom. The van der Waals surface area contributed by atoms with Gasteiger partial charge in [0.05, 0.1) is 6.61 Å². The third-order valence-electron chi connectivity index (χ3n) is 2.05. The summed E-state index contributed by atoms with van der Waals surface area (Å²) in [6, 6.07) is 0. The van der Waals surface area contributed by atoms with Gasteiger partial charge in [-0.05, 0) is 19.3 Å². The van der Waals surface area contributed by atoms with Gasteiger partial charge in [-0.2, -0.15) is 25.3 Å². The summed E-state index contributed by atoms with van der Waals surface area (Å²) < 4.78 is 4.05. The summed E-state index contributed by atoms with van der Waals surface area (Å²) in [4.78, 5) is 11.2. The van der Waals surface area contributed by atoms with E-state index in [-0.39, 0.29) is 29.9 Å². The zero-order valence-electron chi connectivity index (χ0n) is 10.5. The van der Waals surface area contributed by atoms with E-state index >= 15 is 0 Å². The van der Waals surface area contributed by atoms with E-state index in [0.717, 1.165) is 18.8 Å². The van der Waals surface area contributed by atoms with Crippen molar-refractivity contribution in [1.29, 1.82) is 0 Å². The molecule has 0 N–H and O–H groups in total. The molecule has 0 unspecified atom stereocenters. The van der Waals surface area contributed by atoms with Crippen LogP contribution in [-0.4, -0.2) is 40.6 Å². The predicted octanol–water partition coefficient (Wildman–Crippen LogP) is 2.41. The quantitative estimate of drug-likeness (QED) is 0.236. The van der Waals surface area contributed by atoms with Gasteiger partial charge in [0.1, 0.15) is 0 Å². The standard InChI is InChI=1S/C11H22O2S2.Sn.2H/c1-9(2)7-5-4-6-8-13-10(12)11(3,14)15;;;/h9,14-15H,4-8H2,1-3H3;;;. The molecule has 0 spiro atoms. The maximum absolute atomic E-state index is 11.2. The molecule has 0 bridgehead atoms. The second-order valence-electron chi connectivity index (χ2n) is 4.40. The minimum absolute atomic E-state index is 0. The molecule has 0 aromatic rings. The van der Waals surface area contributed by atoms with Gasteiger partial charge in [0.15, 0.2) is 4.08 Å². The molecule has 0 aromatic carbocycles. The molecule has 0 fully saturated rings. The molecule has 96 valence electrons. The number of hydrogen-bond donors (Lipinski definition) is 2. The summed E-state index contributed by atoms with van der Waals surface area (Å²) in [5.74, 6) is 0.392. The first kappa shape index (κ1) is 19.3. The molecule has 0 aliphatic rings. The van der Waals surface area contributed by atoms with Crippen molar-refractivity contribution in [1.82, 2.24) is 0 Å². The summed E-state index contributed by atoms with van der Waals surface area (Å²) in [6.07, 6.45) is 4.48. The molecule has 0 aliphatic heterocycles. The third kappa shape index (κ3) is 11.5. The molecule has 0 saturated heterocycles. The van der Waals surface area contributed by atoms with E-state index in [1.165, 1.54) is 12.8 Å². The maximum atomic E-state index is 11.2. The first-order valence-corrected chi connectivity index (χ1v) is 6.35. The molecule has 0 atom stereocenters. The van der Waals surface area contributed by atoms with Crippen molar-refractivity contribution in [3.05, 3.63) is 0 Å². The number of rotatable bonds is 7. The van der Waals surface area contributed by atoms with Crippen LogP contribution in [0.1, 0.15) is 46.5 Å². The van der Waals surface area contributed by atoms with E-state index in [0.29, 0.717) is 6.61 Å². The van der Waals surface area contributed by atoms with E-state index in [4.69, 9.17) is 4.74 Å². The second-order valence-corrected chi connectivity index (χ2v) is 6.54. The summed E-state index contributed by atoms with van der Waals surface area (Å²) in [6.45, 7) is 6.52. The van der Waals surface area contributed by atoms with Crippen LogP contribution in [-0.2, 0) is 9.53 Å². The fraction of sp³-hybridized carbons (Fsp3) is 0.909. The number of carbonyl (C=O) groups excluding carboxylic acids is 1. The Labute approximate surface area is 127 Å². The van der Waals surface area contributed by atoms with Crippen molar-refractivity contribution >= 4 is 55.1 Å². The molecule has 0 heterocycles.